The molecule has 44 valence electrons. The number of hydrogen-bond acceptors (Lipinski definition) is 2. The van der Waals surface area contributed by atoms with Crippen LogP contribution in [0.3, 0.4) is 0 Å². The lowest BCUT2D eigenvalue weighted by Crippen LogP contribution is -1.95. The number of ether oxygens (including phenoxy) is 1. The molecule has 0 aromatic heterocycles. The van der Waals surface area contributed by atoms with E-state index in [0.717, 1.165) is 0 Å². The molecule has 2 fully saturated rings. The van der Waals surface area contributed by atoms with Crippen LogP contribution < -0.4 is 0 Å². The van der Waals surface area contributed by atoms with Crippen LogP contribution in [0, 0.1) is 5.41 Å². The van der Waals surface area contributed by atoms with Crippen LogP contribution in [0.2, 0.25) is 0 Å². The molecule has 0 amide bonds. The molecule has 0 aromatic rings. The Hall–Kier alpha value is -0.530. The van der Waals surface area contributed by atoms with E-state index in [2.05, 4.69) is 0 Å². The van der Waals surface area contributed by atoms with Crippen molar-refractivity contribution in [3.05, 3.63) is 0 Å². The van der Waals surface area contributed by atoms with E-state index in [4.69, 9.17) is 4.74 Å². The first-order chi connectivity index (χ1) is 3.81. The van der Waals surface area contributed by atoms with Crippen LogP contribution in [0.15, 0.2) is 0 Å². The summed E-state index contributed by atoms with van der Waals surface area (Å²) in [7, 11) is 0. The molecule has 1 aliphatic carbocycles. The summed E-state index contributed by atoms with van der Waals surface area (Å²) in [5.74, 6) is 0.00231. The molecule has 1 saturated heterocycles. The van der Waals surface area contributed by atoms with Gasteiger partial charge in [-0.3, -0.25) is 4.79 Å². The summed E-state index contributed by atoms with van der Waals surface area (Å²) in [6.07, 6.45) is 3.10. The number of cyclic esters (lactones) is 1. The van der Waals surface area contributed by atoms with Crippen molar-refractivity contribution in [2.75, 3.05) is 6.61 Å². The monoisotopic (exact) mass is 112 g/mol. The summed E-state index contributed by atoms with van der Waals surface area (Å²) in [5.41, 5.74) is 0.344. The SMILES string of the molecule is O=C1CC2(CC2)CO1. The molecule has 1 saturated carbocycles. The first-order valence-corrected chi connectivity index (χ1v) is 2.96. The van der Waals surface area contributed by atoms with Gasteiger partial charge in [0.2, 0.25) is 0 Å². The van der Waals surface area contributed by atoms with E-state index in [0.29, 0.717) is 18.4 Å². The average molecular weight is 112 g/mol. The highest BCUT2D eigenvalue weighted by atomic mass is 16.5. The second-order valence-electron chi connectivity index (χ2n) is 2.84. The van der Waals surface area contributed by atoms with Crippen molar-refractivity contribution < 1.29 is 9.53 Å². The van der Waals surface area contributed by atoms with Crippen molar-refractivity contribution in [3.63, 3.8) is 0 Å². The number of carbonyl (C=O) groups excluding carboxylic acids is 1. The van der Waals surface area contributed by atoms with Crippen molar-refractivity contribution >= 4 is 5.97 Å². The smallest absolute Gasteiger partial charge is 0.306 e. The number of rotatable bonds is 0. The molecule has 0 radical (unpaired) electrons. The Balaban J connectivity index is 2.13. The minimum atomic E-state index is 0.00231. The van der Waals surface area contributed by atoms with Crippen LogP contribution >= 0.6 is 0 Å². The van der Waals surface area contributed by atoms with Gasteiger partial charge >= 0.3 is 5.97 Å². The van der Waals surface area contributed by atoms with E-state index in [9.17, 15) is 4.79 Å². The fourth-order valence-electron chi connectivity index (χ4n) is 1.14. The molecular weight excluding hydrogens is 104 g/mol. The normalized spacial score (nSPS) is 30.8. The molecule has 1 heterocycles. The fraction of sp³-hybridized carbons (Fsp3) is 0.833. The third-order valence-electron chi connectivity index (χ3n) is 2.02. The molecule has 0 atom stereocenters. The highest BCUT2D eigenvalue weighted by Crippen LogP contribution is 2.52. The van der Waals surface area contributed by atoms with E-state index in [1.165, 1.54) is 12.8 Å². The molecule has 1 aliphatic heterocycles. The number of carbonyl (C=O) groups is 1. The Morgan fingerprint density at radius 2 is 2.25 bits per heavy atom. The zero-order chi connectivity index (χ0) is 5.61. The Labute approximate surface area is 47.8 Å². The maximum absolute atomic E-state index is 10.5. The topological polar surface area (TPSA) is 26.3 Å². The summed E-state index contributed by atoms with van der Waals surface area (Å²) in [5, 5.41) is 0. The third kappa shape index (κ3) is 0.457. The zero-order valence-corrected chi connectivity index (χ0v) is 4.64. The van der Waals surface area contributed by atoms with Gasteiger partial charge in [0.05, 0.1) is 13.0 Å². The van der Waals surface area contributed by atoms with Gasteiger partial charge in [-0.1, -0.05) is 0 Å². The average Bonchev–Trinajstić information content (AvgIpc) is 2.34. The maximum Gasteiger partial charge on any atom is 0.306 e. The molecule has 8 heavy (non-hydrogen) atoms. The summed E-state index contributed by atoms with van der Waals surface area (Å²) in [4.78, 5) is 10.5. The molecule has 0 aromatic carbocycles. The highest BCUT2D eigenvalue weighted by molar-refractivity contribution is 5.73. The number of esters is 1. The van der Waals surface area contributed by atoms with Crippen molar-refractivity contribution in [1.82, 2.24) is 0 Å². The quantitative estimate of drug-likeness (QED) is 0.431. The standard InChI is InChI=1S/C6H8O2/c7-5-3-6(1-2-6)4-8-5/h1-4H2. The summed E-state index contributed by atoms with van der Waals surface area (Å²) < 4.78 is 4.79. The van der Waals surface area contributed by atoms with Gasteiger partial charge in [0, 0.05) is 5.41 Å². The van der Waals surface area contributed by atoms with Crippen molar-refractivity contribution in [2.45, 2.75) is 19.3 Å². The first-order valence-electron chi connectivity index (χ1n) is 2.96. The van der Waals surface area contributed by atoms with Crippen LogP contribution in [0.4, 0.5) is 0 Å². The van der Waals surface area contributed by atoms with Crippen molar-refractivity contribution in [3.8, 4) is 0 Å². The maximum atomic E-state index is 10.5. The van der Waals surface area contributed by atoms with Crippen molar-refractivity contribution in [1.29, 1.82) is 0 Å². The van der Waals surface area contributed by atoms with Gasteiger partial charge in [-0.2, -0.15) is 0 Å². The lowest BCUT2D eigenvalue weighted by molar-refractivity contribution is -0.137. The third-order valence-corrected chi connectivity index (χ3v) is 2.02. The molecule has 2 aliphatic rings. The van der Waals surface area contributed by atoms with Gasteiger partial charge in [0.25, 0.3) is 0 Å². The Bertz CT molecular complexity index is 135. The van der Waals surface area contributed by atoms with E-state index in [1.807, 2.05) is 0 Å². The van der Waals surface area contributed by atoms with Crippen LogP contribution in [-0.4, -0.2) is 12.6 Å². The van der Waals surface area contributed by atoms with Crippen molar-refractivity contribution in [2.24, 2.45) is 5.41 Å². The van der Waals surface area contributed by atoms with Gasteiger partial charge in [0.15, 0.2) is 0 Å². The molecule has 0 bridgehead atoms. The fourth-order valence-corrected chi connectivity index (χ4v) is 1.14. The highest BCUT2D eigenvalue weighted by Gasteiger charge is 2.49. The van der Waals surface area contributed by atoms with Crippen LogP contribution in [0.1, 0.15) is 19.3 Å². The Kier molecular flexibility index (Phi) is 0.581. The van der Waals surface area contributed by atoms with Gasteiger partial charge < -0.3 is 4.74 Å². The predicted octanol–water partition coefficient (Wildman–Crippen LogP) is 0.714. The van der Waals surface area contributed by atoms with Crippen LogP contribution in [-0.2, 0) is 9.53 Å². The molecule has 1 spiro atoms. The Morgan fingerprint density at radius 1 is 1.50 bits per heavy atom. The minimum absolute atomic E-state index is 0.00231. The van der Waals surface area contributed by atoms with Gasteiger partial charge in [-0.25, -0.2) is 0 Å². The largest absolute Gasteiger partial charge is 0.465 e. The van der Waals surface area contributed by atoms with Crippen LogP contribution in [0.5, 0.6) is 0 Å². The van der Waals surface area contributed by atoms with E-state index in [1.54, 1.807) is 0 Å². The summed E-state index contributed by atoms with van der Waals surface area (Å²) in [6, 6.07) is 0. The van der Waals surface area contributed by atoms with Gasteiger partial charge in [0.1, 0.15) is 0 Å². The first kappa shape index (κ1) is 4.36. The van der Waals surface area contributed by atoms with E-state index >= 15 is 0 Å². The van der Waals surface area contributed by atoms with E-state index < -0.39 is 0 Å². The second kappa shape index (κ2) is 1.07. The summed E-state index contributed by atoms with van der Waals surface area (Å²) in [6.45, 7) is 0.700. The lowest BCUT2D eigenvalue weighted by atomic mass is 10.1. The molecule has 2 rings (SSSR count). The molecule has 0 N–H and O–H groups in total. The summed E-state index contributed by atoms with van der Waals surface area (Å²) >= 11 is 0. The van der Waals surface area contributed by atoms with Gasteiger partial charge in [-0.15, -0.1) is 0 Å². The zero-order valence-electron chi connectivity index (χ0n) is 4.64. The second-order valence-corrected chi connectivity index (χ2v) is 2.84. The molecule has 2 nitrogen and oxygen atoms in total. The molecular formula is C6H8O2. The predicted molar refractivity (Wildman–Crippen MR) is 27.2 cm³/mol. The molecule has 0 unspecified atom stereocenters. The molecule has 2 heteroatoms. The minimum Gasteiger partial charge on any atom is -0.465 e. The number of hydrogen-bond donors (Lipinski definition) is 0. The van der Waals surface area contributed by atoms with E-state index in [-0.39, 0.29) is 5.97 Å². The Morgan fingerprint density at radius 3 is 2.50 bits per heavy atom. The van der Waals surface area contributed by atoms with Crippen LogP contribution in [0.25, 0.3) is 0 Å². The lowest BCUT2D eigenvalue weighted by Gasteiger charge is -1.93. The van der Waals surface area contributed by atoms with Gasteiger partial charge in [-0.05, 0) is 12.8 Å².